The van der Waals surface area contributed by atoms with Crippen LogP contribution in [0.3, 0.4) is 0 Å². The van der Waals surface area contributed by atoms with Crippen LogP contribution in [0.15, 0.2) is 42.5 Å². The molecule has 1 unspecified atom stereocenters. The Bertz CT molecular complexity index is 1050. The summed E-state index contributed by atoms with van der Waals surface area (Å²) in [6.07, 6.45) is 13.6. The summed E-state index contributed by atoms with van der Waals surface area (Å²) in [5.74, 6) is 2.40. The van der Waals surface area contributed by atoms with Gasteiger partial charge in [0.1, 0.15) is 6.04 Å². The fourth-order valence-corrected chi connectivity index (χ4v) is 4.94. The van der Waals surface area contributed by atoms with E-state index in [-0.39, 0.29) is 12.3 Å². The molecule has 1 aliphatic rings. The molecule has 1 amide bonds. The van der Waals surface area contributed by atoms with Crippen LogP contribution in [-0.2, 0) is 16.1 Å². The molecule has 35 heavy (non-hydrogen) atoms. The average Bonchev–Trinajstić information content (AvgIpc) is 2.87. The molecular formula is C30H38N2O3. The molecule has 1 fully saturated rings. The first-order valence-electron chi connectivity index (χ1n) is 12.6. The molecule has 0 heterocycles. The maximum Gasteiger partial charge on any atom is 0.329 e. The van der Waals surface area contributed by atoms with E-state index >= 15 is 0 Å². The van der Waals surface area contributed by atoms with Crippen LogP contribution in [0.2, 0.25) is 0 Å². The number of amides is 1. The molecule has 3 rings (SSSR count). The van der Waals surface area contributed by atoms with E-state index in [2.05, 4.69) is 29.3 Å². The molecule has 1 saturated carbocycles. The Labute approximate surface area is 210 Å². The van der Waals surface area contributed by atoms with Gasteiger partial charge in [-0.05, 0) is 67.2 Å². The lowest BCUT2D eigenvalue weighted by Gasteiger charge is -2.25. The van der Waals surface area contributed by atoms with Crippen molar-refractivity contribution in [1.29, 1.82) is 0 Å². The lowest BCUT2D eigenvalue weighted by atomic mass is 9.87. The summed E-state index contributed by atoms with van der Waals surface area (Å²) in [5, 5.41) is 2.77. The molecule has 0 aliphatic heterocycles. The fraction of sp³-hybridized carbons (Fsp3) is 0.467. The number of hydrogen-bond donors (Lipinski definition) is 1. The van der Waals surface area contributed by atoms with Crippen LogP contribution in [-0.4, -0.2) is 43.5 Å². The molecule has 5 heteroatoms. The van der Waals surface area contributed by atoms with Gasteiger partial charge < -0.3 is 15.0 Å². The minimum Gasteiger partial charge on any atom is -0.467 e. The highest BCUT2D eigenvalue weighted by Gasteiger charge is 2.23. The zero-order chi connectivity index (χ0) is 25.2. The van der Waals surface area contributed by atoms with Crippen molar-refractivity contribution in [3.8, 4) is 23.5 Å². The third-order valence-electron chi connectivity index (χ3n) is 6.97. The lowest BCUT2D eigenvalue weighted by molar-refractivity contribution is -0.142. The van der Waals surface area contributed by atoms with Crippen molar-refractivity contribution in [2.24, 2.45) is 5.92 Å². The van der Waals surface area contributed by atoms with E-state index in [0.29, 0.717) is 5.56 Å². The monoisotopic (exact) mass is 474 g/mol. The SMILES string of the molecule is C#CCC(NC(=O)c1ccc(CN(C)CCC2CCCCC2)cc1-c1ccccc1C)C(=O)OC. The minimum atomic E-state index is -0.882. The molecule has 1 atom stereocenters. The molecule has 2 aromatic carbocycles. The average molecular weight is 475 g/mol. The summed E-state index contributed by atoms with van der Waals surface area (Å²) in [5.41, 5.74) is 4.59. The van der Waals surface area contributed by atoms with Crippen LogP contribution >= 0.6 is 0 Å². The van der Waals surface area contributed by atoms with E-state index in [9.17, 15) is 9.59 Å². The van der Waals surface area contributed by atoms with Crippen molar-refractivity contribution in [3.63, 3.8) is 0 Å². The van der Waals surface area contributed by atoms with Crippen molar-refractivity contribution < 1.29 is 14.3 Å². The Morgan fingerprint density at radius 3 is 2.57 bits per heavy atom. The summed E-state index contributed by atoms with van der Waals surface area (Å²) in [6, 6.07) is 13.1. The number of rotatable bonds is 10. The Kier molecular flexibility index (Phi) is 9.93. The van der Waals surface area contributed by atoms with Crippen molar-refractivity contribution in [3.05, 3.63) is 59.2 Å². The van der Waals surface area contributed by atoms with Gasteiger partial charge in [-0.3, -0.25) is 4.79 Å². The number of hydrogen-bond acceptors (Lipinski definition) is 4. The molecule has 2 aromatic rings. The van der Waals surface area contributed by atoms with Crippen molar-refractivity contribution in [1.82, 2.24) is 10.2 Å². The zero-order valence-corrected chi connectivity index (χ0v) is 21.3. The third-order valence-corrected chi connectivity index (χ3v) is 6.97. The van der Waals surface area contributed by atoms with Gasteiger partial charge in [0, 0.05) is 18.5 Å². The number of aryl methyl sites for hydroxylation is 1. The predicted molar refractivity (Wildman–Crippen MR) is 141 cm³/mol. The Balaban J connectivity index is 1.82. The highest BCUT2D eigenvalue weighted by atomic mass is 16.5. The fourth-order valence-electron chi connectivity index (χ4n) is 4.94. The lowest BCUT2D eigenvalue weighted by Crippen LogP contribution is -2.41. The van der Waals surface area contributed by atoms with Gasteiger partial charge in [-0.2, -0.15) is 0 Å². The van der Waals surface area contributed by atoms with E-state index in [0.717, 1.165) is 41.3 Å². The molecule has 186 valence electrons. The normalized spacial score (nSPS) is 14.8. The molecule has 0 aromatic heterocycles. The second-order valence-electron chi connectivity index (χ2n) is 9.68. The van der Waals surface area contributed by atoms with Crippen molar-refractivity contribution in [2.45, 2.75) is 64.5 Å². The van der Waals surface area contributed by atoms with E-state index < -0.39 is 12.0 Å². The third kappa shape index (κ3) is 7.44. The van der Waals surface area contributed by atoms with Crippen LogP contribution in [0.5, 0.6) is 0 Å². The van der Waals surface area contributed by atoms with E-state index in [1.165, 1.54) is 45.6 Å². The first kappa shape index (κ1) is 26.5. The Morgan fingerprint density at radius 2 is 1.89 bits per heavy atom. The van der Waals surface area contributed by atoms with Gasteiger partial charge in [0.05, 0.1) is 7.11 Å². The quantitative estimate of drug-likeness (QED) is 0.372. The number of carbonyl (C=O) groups is 2. The maximum atomic E-state index is 13.3. The van der Waals surface area contributed by atoms with E-state index in [1.54, 1.807) is 0 Å². The van der Waals surface area contributed by atoms with Crippen LogP contribution in [0.25, 0.3) is 11.1 Å². The largest absolute Gasteiger partial charge is 0.467 e. The number of ether oxygens (including phenoxy) is 1. The van der Waals surface area contributed by atoms with Crippen LogP contribution in [0, 0.1) is 25.2 Å². The topological polar surface area (TPSA) is 58.6 Å². The van der Waals surface area contributed by atoms with Gasteiger partial charge >= 0.3 is 5.97 Å². The number of carbonyl (C=O) groups excluding carboxylic acids is 2. The smallest absolute Gasteiger partial charge is 0.329 e. The summed E-state index contributed by atoms with van der Waals surface area (Å²) >= 11 is 0. The first-order chi connectivity index (χ1) is 16.9. The van der Waals surface area contributed by atoms with E-state index in [1.807, 2.05) is 43.3 Å². The number of esters is 1. The number of benzene rings is 2. The molecule has 1 N–H and O–H groups in total. The maximum absolute atomic E-state index is 13.3. The molecule has 5 nitrogen and oxygen atoms in total. The van der Waals surface area contributed by atoms with Gasteiger partial charge in [-0.1, -0.05) is 62.4 Å². The number of nitrogens with one attached hydrogen (secondary N) is 1. The van der Waals surface area contributed by atoms with Gasteiger partial charge in [0.2, 0.25) is 0 Å². The predicted octanol–water partition coefficient (Wildman–Crippen LogP) is 5.36. The molecular weight excluding hydrogens is 436 g/mol. The molecule has 1 aliphatic carbocycles. The summed E-state index contributed by atoms with van der Waals surface area (Å²) in [4.78, 5) is 27.7. The van der Waals surface area contributed by atoms with Gasteiger partial charge in [0.25, 0.3) is 5.91 Å². The molecule has 0 bridgehead atoms. The summed E-state index contributed by atoms with van der Waals surface area (Å²) < 4.78 is 4.81. The number of methoxy groups -OCH3 is 1. The van der Waals surface area contributed by atoms with Crippen LogP contribution < -0.4 is 5.32 Å². The summed E-state index contributed by atoms with van der Waals surface area (Å²) in [6.45, 7) is 3.92. The Hall–Kier alpha value is -3.10. The molecule has 0 spiro atoms. The van der Waals surface area contributed by atoms with Gasteiger partial charge in [0.15, 0.2) is 0 Å². The Morgan fingerprint density at radius 1 is 1.14 bits per heavy atom. The van der Waals surface area contributed by atoms with Crippen LogP contribution in [0.1, 0.15) is 66.4 Å². The number of terminal acetylenes is 1. The standard InChI is InChI=1S/C30H38N2O3/c1-5-11-28(30(34)35-4)31-29(33)26-17-16-24(20-27(26)25-15-10-9-12-22(25)2)21-32(3)19-18-23-13-7-6-8-14-23/h1,9-10,12,15-17,20,23,28H,6-8,11,13-14,18-19,21H2,2-4H3,(H,31,33). The number of nitrogens with zero attached hydrogens (tertiary/aromatic N) is 1. The molecule has 0 radical (unpaired) electrons. The van der Waals surface area contributed by atoms with Crippen molar-refractivity contribution in [2.75, 3.05) is 20.7 Å². The van der Waals surface area contributed by atoms with E-state index in [4.69, 9.17) is 11.2 Å². The highest BCUT2D eigenvalue weighted by Crippen LogP contribution is 2.29. The second kappa shape index (κ2) is 13.1. The minimum absolute atomic E-state index is 0.0714. The zero-order valence-electron chi connectivity index (χ0n) is 21.3. The van der Waals surface area contributed by atoms with Crippen molar-refractivity contribution >= 4 is 11.9 Å². The molecule has 0 saturated heterocycles. The van der Waals surface area contributed by atoms with Gasteiger partial charge in [-0.25, -0.2) is 4.79 Å². The first-order valence-corrected chi connectivity index (χ1v) is 12.6. The van der Waals surface area contributed by atoms with Gasteiger partial charge in [-0.15, -0.1) is 12.3 Å². The second-order valence-corrected chi connectivity index (χ2v) is 9.68. The van der Waals surface area contributed by atoms with Crippen LogP contribution in [0.4, 0.5) is 0 Å². The summed E-state index contributed by atoms with van der Waals surface area (Å²) in [7, 11) is 3.45. The highest BCUT2D eigenvalue weighted by molar-refractivity contribution is 6.03.